The van der Waals surface area contributed by atoms with Crippen LogP contribution in [0, 0.1) is 0 Å². The molecule has 0 aliphatic rings. The van der Waals surface area contributed by atoms with Crippen LogP contribution in [0.1, 0.15) is 29.2 Å². The van der Waals surface area contributed by atoms with E-state index in [4.69, 9.17) is 0 Å². The SMILES string of the molecule is CC(=O)c1ccccc1NC(=O)[C@@H](C)N(C)Cc1nc2ccccc2s1. The van der Waals surface area contributed by atoms with E-state index in [9.17, 15) is 9.59 Å². The van der Waals surface area contributed by atoms with Crippen molar-refractivity contribution in [3.63, 3.8) is 0 Å². The second-order valence-corrected chi connectivity index (χ2v) is 7.37. The van der Waals surface area contributed by atoms with Crippen LogP contribution in [-0.4, -0.2) is 34.7 Å². The molecule has 1 aromatic heterocycles. The number of nitrogens with zero attached hydrogens (tertiary/aromatic N) is 2. The smallest absolute Gasteiger partial charge is 0.241 e. The first-order valence-electron chi connectivity index (χ1n) is 8.41. The van der Waals surface area contributed by atoms with Gasteiger partial charge in [-0.3, -0.25) is 14.5 Å². The second kappa shape index (κ2) is 7.76. The highest BCUT2D eigenvalue weighted by molar-refractivity contribution is 7.18. The third kappa shape index (κ3) is 3.98. The number of ketones is 1. The van der Waals surface area contributed by atoms with E-state index >= 15 is 0 Å². The molecule has 0 unspecified atom stereocenters. The average Bonchev–Trinajstić information content (AvgIpc) is 3.03. The maximum Gasteiger partial charge on any atom is 0.241 e. The zero-order chi connectivity index (χ0) is 18.7. The number of anilines is 1. The molecule has 0 aliphatic heterocycles. The van der Waals surface area contributed by atoms with Crippen molar-refractivity contribution in [3.05, 3.63) is 59.1 Å². The monoisotopic (exact) mass is 367 g/mol. The zero-order valence-electron chi connectivity index (χ0n) is 15.0. The normalized spacial score (nSPS) is 12.3. The van der Waals surface area contributed by atoms with Crippen molar-refractivity contribution < 1.29 is 9.59 Å². The van der Waals surface area contributed by atoms with E-state index in [1.165, 1.54) is 6.92 Å². The highest BCUT2D eigenvalue weighted by Gasteiger charge is 2.20. The molecule has 1 atom stereocenters. The molecule has 1 heterocycles. The van der Waals surface area contributed by atoms with Gasteiger partial charge < -0.3 is 5.32 Å². The van der Waals surface area contributed by atoms with E-state index in [1.807, 2.05) is 43.1 Å². The Bertz CT molecular complexity index is 918. The molecule has 0 bridgehead atoms. The summed E-state index contributed by atoms with van der Waals surface area (Å²) in [5, 5.41) is 3.84. The van der Waals surface area contributed by atoms with Crippen LogP contribution in [0.3, 0.4) is 0 Å². The molecule has 26 heavy (non-hydrogen) atoms. The summed E-state index contributed by atoms with van der Waals surface area (Å²) in [5.41, 5.74) is 2.04. The van der Waals surface area contributed by atoms with Gasteiger partial charge in [0, 0.05) is 5.56 Å². The molecule has 0 spiro atoms. The molecule has 0 fully saturated rings. The molecule has 1 amide bonds. The lowest BCUT2D eigenvalue weighted by Gasteiger charge is -2.23. The number of para-hydroxylation sites is 2. The van der Waals surface area contributed by atoms with Crippen molar-refractivity contribution in [1.29, 1.82) is 0 Å². The fraction of sp³-hybridized carbons (Fsp3) is 0.250. The largest absolute Gasteiger partial charge is 0.324 e. The molecule has 0 saturated carbocycles. The summed E-state index contributed by atoms with van der Waals surface area (Å²) < 4.78 is 1.14. The summed E-state index contributed by atoms with van der Waals surface area (Å²) in [5.74, 6) is -0.223. The topological polar surface area (TPSA) is 62.3 Å². The molecule has 0 aliphatic carbocycles. The van der Waals surface area contributed by atoms with Crippen LogP contribution < -0.4 is 5.32 Å². The first kappa shape index (κ1) is 18.2. The van der Waals surface area contributed by atoms with E-state index in [1.54, 1.807) is 35.6 Å². The Labute approximate surface area is 156 Å². The standard InChI is InChI=1S/C20H21N3O2S/c1-13(20(25)22-16-9-5-4-8-15(16)14(2)24)23(3)12-19-21-17-10-6-7-11-18(17)26-19/h4-11,13H,12H2,1-3H3,(H,22,25)/t13-/m1/s1. The van der Waals surface area contributed by atoms with Gasteiger partial charge in [-0.05, 0) is 45.2 Å². The quantitative estimate of drug-likeness (QED) is 0.670. The Morgan fingerprint density at radius 2 is 1.85 bits per heavy atom. The number of nitrogens with one attached hydrogen (secondary N) is 1. The van der Waals surface area contributed by atoms with Gasteiger partial charge >= 0.3 is 0 Å². The summed E-state index contributed by atoms with van der Waals surface area (Å²) >= 11 is 1.64. The molecule has 0 radical (unpaired) electrons. The number of benzene rings is 2. The van der Waals surface area contributed by atoms with Crippen LogP contribution in [0.5, 0.6) is 0 Å². The van der Waals surface area contributed by atoms with Crippen LogP contribution in [-0.2, 0) is 11.3 Å². The number of amides is 1. The second-order valence-electron chi connectivity index (χ2n) is 6.26. The third-order valence-corrected chi connectivity index (χ3v) is 5.35. The lowest BCUT2D eigenvalue weighted by molar-refractivity contribution is -0.120. The van der Waals surface area contributed by atoms with E-state index in [-0.39, 0.29) is 17.7 Å². The van der Waals surface area contributed by atoms with Crippen LogP contribution >= 0.6 is 11.3 Å². The van der Waals surface area contributed by atoms with E-state index in [2.05, 4.69) is 10.3 Å². The van der Waals surface area contributed by atoms with Gasteiger partial charge in [0.25, 0.3) is 0 Å². The molecular weight excluding hydrogens is 346 g/mol. The summed E-state index contributed by atoms with van der Waals surface area (Å²) in [7, 11) is 1.90. The third-order valence-electron chi connectivity index (χ3n) is 4.33. The number of carbonyl (C=O) groups is 2. The molecule has 2 aromatic carbocycles. The molecule has 134 valence electrons. The van der Waals surface area contributed by atoms with Crippen molar-refractivity contribution >= 4 is 38.9 Å². The molecule has 3 rings (SSSR count). The highest BCUT2D eigenvalue weighted by atomic mass is 32.1. The Kier molecular flexibility index (Phi) is 5.44. The number of hydrogen-bond donors (Lipinski definition) is 1. The number of thiazole rings is 1. The van der Waals surface area contributed by atoms with E-state index in [0.29, 0.717) is 17.8 Å². The number of hydrogen-bond acceptors (Lipinski definition) is 5. The summed E-state index contributed by atoms with van der Waals surface area (Å²) in [6.45, 7) is 3.93. The predicted octanol–water partition coefficient (Wildman–Crippen LogP) is 3.96. The minimum Gasteiger partial charge on any atom is -0.324 e. The van der Waals surface area contributed by atoms with Gasteiger partial charge in [0.1, 0.15) is 5.01 Å². The number of likely N-dealkylation sites (N-methyl/N-ethyl adjacent to an activating group) is 1. The molecule has 3 aromatic rings. The van der Waals surface area contributed by atoms with Gasteiger partial charge in [0.05, 0.1) is 28.5 Å². The molecule has 1 N–H and O–H groups in total. The van der Waals surface area contributed by atoms with Crippen LogP contribution in [0.25, 0.3) is 10.2 Å². The number of fused-ring (bicyclic) bond motifs is 1. The summed E-state index contributed by atoms with van der Waals surface area (Å²) in [6, 6.07) is 14.7. The van der Waals surface area contributed by atoms with Crippen molar-refractivity contribution in [2.45, 2.75) is 26.4 Å². The highest BCUT2D eigenvalue weighted by Crippen LogP contribution is 2.23. The van der Waals surface area contributed by atoms with Gasteiger partial charge in [-0.2, -0.15) is 0 Å². The molecule has 0 saturated heterocycles. The van der Waals surface area contributed by atoms with Crippen LogP contribution in [0.2, 0.25) is 0 Å². The van der Waals surface area contributed by atoms with Gasteiger partial charge in [0.15, 0.2) is 5.78 Å². The van der Waals surface area contributed by atoms with Crippen molar-refractivity contribution in [2.75, 3.05) is 12.4 Å². The van der Waals surface area contributed by atoms with Crippen molar-refractivity contribution in [1.82, 2.24) is 9.88 Å². The average molecular weight is 367 g/mol. The minimum absolute atomic E-state index is 0.0728. The van der Waals surface area contributed by atoms with Crippen LogP contribution in [0.15, 0.2) is 48.5 Å². The van der Waals surface area contributed by atoms with Gasteiger partial charge in [-0.25, -0.2) is 4.98 Å². The molecule has 6 heteroatoms. The minimum atomic E-state index is -0.359. The fourth-order valence-electron chi connectivity index (χ4n) is 2.67. The van der Waals surface area contributed by atoms with Crippen molar-refractivity contribution in [3.8, 4) is 0 Å². The maximum atomic E-state index is 12.6. The predicted molar refractivity (Wildman–Crippen MR) is 106 cm³/mol. The fourth-order valence-corrected chi connectivity index (χ4v) is 3.71. The van der Waals surface area contributed by atoms with E-state index < -0.39 is 0 Å². The van der Waals surface area contributed by atoms with E-state index in [0.717, 1.165) is 15.2 Å². The first-order valence-corrected chi connectivity index (χ1v) is 9.23. The molecular formula is C20H21N3O2S. The summed E-state index contributed by atoms with van der Waals surface area (Å²) in [6.07, 6.45) is 0. The van der Waals surface area contributed by atoms with Gasteiger partial charge in [0.2, 0.25) is 5.91 Å². The van der Waals surface area contributed by atoms with Crippen LogP contribution in [0.4, 0.5) is 5.69 Å². The lowest BCUT2D eigenvalue weighted by atomic mass is 10.1. The van der Waals surface area contributed by atoms with Gasteiger partial charge in [-0.1, -0.05) is 24.3 Å². The Hall–Kier alpha value is -2.57. The number of Topliss-reactive ketones (excluding diaryl/α,β-unsaturated/α-hetero) is 1. The van der Waals surface area contributed by atoms with Gasteiger partial charge in [-0.15, -0.1) is 11.3 Å². The lowest BCUT2D eigenvalue weighted by Crippen LogP contribution is -2.39. The first-order chi connectivity index (χ1) is 12.5. The Morgan fingerprint density at radius 1 is 1.15 bits per heavy atom. The summed E-state index contributed by atoms with van der Waals surface area (Å²) in [4.78, 5) is 30.9. The Balaban J connectivity index is 1.69. The zero-order valence-corrected chi connectivity index (χ0v) is 15.8. The number of rotatable bonds is 6. The number of aromatic nitrogens is 1. The van der Waals surface area contributed by atoms with Crippen molar-refractivity contribution in [2.24, 2.45) is 0 Å². The maximum absolute atomic E-state index is 12.6. The number of carbonyl (C=O) groups excluding carboxylic acids is 2. The molecule has 5 nitrogen and oxygen atoms in total. The Morgan fingerprint density at radius 3 is 2.58 bits per heavy atom.